The Bertz CT molecular complexity index is 816. The molecule has 1 aromatic heterocycles. The lowest BCUT2D eigenvalue weighted by Gasteiger charge is -2.04. The highest BCUT2D eigenvalue weighted by Gasteiger charge is 2.09. The molecular formula is C16H12O3. The SMILES string of the molecule is Cc1cccc(-c2cc(=O)c3c(O)cccc3o2)c1. The second-order valence-corrected chi connectivity index (χ2v) is 4.49. The zero-order valence-corrected chi connectivity index (χ0v) is 10.4. The Morgan fingerprint density at radius 1 is 1.05 bits per heavy atom. The van der Waals surface area contributed by atoms with E-state index in [1.54, 1.807) is 12.1 Å². The van der Waals surface area contributed by atoms with E-state index in [4.69, 9.17) is 4.42 Å². The van der Waals surface area contributed by atoms with Crippen LogP contribution in [0.4, 0.5) is 0 Å². The number of phenols is 1. The van der Waals surface area contributed by atoms with Crippen LogP contribution >= 0.6 is 0 Å². The van der Waals surface area contributed by atoms with Crippen molar-refractivity contribution in [1.82, 2.24) is 0 Å². The van der Waals surface area contributed by atoms with Crippen LogP contribution in [0.3, 0.4) is 0 Å². The van der Waals surface area contributed by atoms with Crippen LogP contribution in [-0.4, -0.2) is 5.11 Å². The zero-order valence-electron chi connectivity index (χ0n) is 10.4. The second-order valence-electron chi connectivity index (χ2n) is 4.49. The first-order chi connectivity index (χ1) is 9.15. The Morgan fingerprint density at radius 2 is 1.84 bits per heavy atom. The molecule has 19 heavy (non-hydrogen) atoms. The topological polar surface area (TPSA) is 50.4 Å². The van der Waals surface area contributed by atoms with E-state index in [-0.39, 0.29) is 16.6 Å². The minimum Gasteiger partial charge on any atom is -0.507 e. The van der Waals surface area contributed by atoms with Crippen LogP contribution in [0, 0.1) is 6.92 Å². The quantitative estimate of drug-likeness (QED) is 0.721. The third kappa shape index (κ3) is 1.99. The summed E-state index contributed by atoms with van der Waals surface area (Å²) >= 11 is 0. The average molecular weight is 252 g/mol. The molecular weight excluding hydrogens is 240 g/mol. The summed E-state index contributed by atoms with van der Waals surface area (Å²) < 4.78 is 5.70. The third-order valence-electron chi connectivity index (χ3n) is 3.04. The van der Waals surface area contributed by atoms with Gasteiger partial charge < -0.3 is 9.52 Å². The predicted molar refractivity (Wildman–Crippen MR) is 74.3 cm³/mol. The smallest absolute Gasteiger partial charge is 0.197 e. The molecule has 0 bridgehead atoms. The van der Waals surface area contributed by atoms with E-state index in [9.17, 15) is 9.90 Å². The normalized spacial score (nSPS) is 10.8. The van der Waals surface area contributed by atoms with E-state index in [2.05, 4.69) is 0 Å². The average Bonchev–Trinajstić information content (AvgIpc) is 2.38. The molecule has 1 N–H and O–H groups in total. The van der Waals surface area contributed by atoms with Crippen molar-refractivity contribution in [3.8, 4) is 17.1 Å². The van der Waals surface area contributed by atoms with Crippen molar-refractivity contribution in [2.24, 2.45) is 0 Å². The van der Waals surface area contributed by atoms with Crippen molar-refractivity contribution < 1.29 is 9.52 Å². The lowest BCUT2D eigenvalue weighted by atomic mass is 10.1. The van der Waals surface area contributed by atoms with Crippen molar-refractivity contribution in [1.29, 1.82) is 0 Å². The fraction of sp³-hybridized carbons (Fsp3) is 0.0625. The number of benzene rings is 2. The molecule has 94 valence electrons. The molecule has 0 amide bonds. The van der Waals surface area contributed by atoms with Crippen molar-refractivity contribution in [3.05, 3.63) is 64.3 Å². The van der Waals surface area contributed by atoms with E-state index in [0.717, 1.165) is 11.1 Å². The maximum Gasteiger partial charge on any atom is 0.197 e. The van der Waals surface area contributed by atoms with Crippen LogP contribution in [0.1, 0.15) is 5.56 Å². The summed E-state index contributed by atoms with van der Waals surface area (Å²) in [6.07, 6.45) is 0. The molecule has 0 saturated carbocycles. The fourth-order valence-corrected chi connectivity index (χ4v) is 2.13. The fourth-order valence-electron chi connectivity index (χ4n) is 2.13. The first-order valence-electron chi connectivity index (χ1n) is 5.98. The van der Waals surface area contributed by atoms with E-state index < -0.39 is 0 Å². The Labute approximate surface area is 109 Å². The highest BCUT2D eigenvalue weighted by Crippen LogP contribution is 2.26. The Morgan fingerprint density at radius 3 is 2.63 bits per heavy atom. The van der Waals surface area contributed by atoms with Crippen molar-refractivity contribution in [3.63, 3.8) is 0 Å². The van der Waals surface area contributed by atoms with Crippen LogP contribution in [-0.2, 0) is 0 Å². The van der Waals surface area contributed by atoms with Gasteiger partial charge in [-0.2, -0.15) is 0 Å². The molecule has 3 aromatic rings. The number of hydrogen-bond acceptors (Lipinski definition) is 3. The largest absolute Gasteiger partial charge is 0.507 e. The predicted octanol–water partition coefficient (Wildman–Crippen LogP) is 3.47. The van der Waals surface area contributed by atoms with Gasteiger partial charge in [-0.15, -0.1) is 0 Å². The van der Waals surface area contributed by atoms with Gasteiger partial charge in [0, 0.05) is 11.6 Å². The first kappa shape index (κ1) is 11.5. The van der Waals surface area contributed by atoms with Crippen LogP contribution < -0.4 is 5.43 Å². The summed E-state index contributed by atoms with van der Waals surface area (Å²) in [6.45, 7) is 1.98. The van der Waals surface area contributed by atoms with E-state index in [1.165, 1.54) is 12.1 Å². The number of hydrogen-bond donors (Lipinski definition) is 1. The molecule has 0 unspecified atom stereocenters. The molecule has 0 aliphatic carbocycles. The lowest BCUT2D eigenvalue weighted by Crippen LogP contribution is -2.00. The van der Waals surface area contributed by atoms with Gasteiger partial charge in [-0.05, 0) is 25.1 Å². The summed E-state index contributed by atoms with van der Waals surface area (Å²) in [7, 11) is 0. The van der Waals surface area contributed by atoms with E-state index in [1.807, 2.05) is 31.2 Å². The van der Waals surface area contributed by atoms with Crippen LogP contribution in [0.5, 0.6) is 5.75 Å². The van der Waals surface area contributed by atoms with E-state index in [0.29, 0.717) is 11.3 Å². The molecule has 3 rings (SSSR count). The molecule has 0 aliphatic heterocycles. The van der Waals surface area contributed by atoms with Gasteiger partial charge in [-0.25, -0.2) is 0 Å². The molecule has 1 heterocycles. The minimum absolute atomic E-state index is 0.0537. The van der Waals surface area contributed by atoms with Gasteiger partial charge in [0.1, 0.15) is 22.5 Å². The highest BCUT2D eigenvalue weighted by atomic mass is 16.3. The second kappa shape index (κ2) is 4.28. The van der Waals surface area contributed by atoms with Gasteiger partial charge in [0.15, 0.2) is 5.43 Å². The van der Waals surface area contributed by atoms with Crippen LogP contribution in [0.15, 0.2) is 57.7 Å². The Balaban J connectivity index is 2.30. The number of aromatic hydroxyl groups is 1. The van der Waals surface area contributed by atoms with Crippen molar-refractivity contribution >= 4 is 11.0 Å². The maximum atomic E-state index is 12.1. The van der Waals surface area contributed by atoms with Gasteiger partial charge in [-0.1, -0.05) is 29.8 Å². The number of phenolic OH excluding ortho intramolecular Hbond substituents is 1. The molecule has 2 aromatic carbocycles. The first-order valence-corrected chi connectivity index (χ1v) is 5.98. The Hall–Kier alpha value is -2.55. The summed E-state index contributed by atoms with van der Waals surface area (Å²) in [5.74, 6) is 0.453. The highest BCUT2D eigenvalue weighted by molar-refractivity contribution is 5.84. The van der Waals surface area contributed by atoms with Gasteiger partial charge in [-0.3, -0.25) is 4.79 Å². The van der Waals surface area contributed by atoms with E-state index >= 15 is 0 Å². The van der Waals surface area contributed by atoms with Gasteiger partial charge >= 0.3 is 0 Å². The Kier molecular flexibility index (Phi) is 2.60. The third-order valence-corrected chi connectivity index (χ3v) is 3.04. The molecule has 3 heteroatoms. The zero-order chi connectivity index (χ0) is 13.4. The molecule has 0 atom stereocenters. The number of rotatable bonds is 1. The monoisotopic (exact) mass is 252 g/mol. The lowest BCUT2D eigenvalue weighted by molar-refractivity contribution is 0.479. The summed E-state index contributed by atoms with van der Waals surface area (Å²) in [5.41, 5.74) is 2.10. The van der Waals surface area contributed by atoms with Crippen LogP contribution in [0.2, 0.25) is 0 Å². The summed E-state index contributed by atoms with van der Waals surface area (Å²) in [4.78, 5) is 12.1. The van der Waals surface area contributed by atoms with Crippen molar-refractivity contribution in [2.75, 3.05) is 0 Å². The van der Waals surface area contributed by atoms with Gasteiger partial charge in [0.2, 0.25) is 0 Å². The molecule has 0 aliphatic rings. The molecule has 0 saturated heterocycles. The maximum absolute atomic E-state index is 12.1. The summed E-state index contributed by atoms with van der Waals surface area (Å²) in [5, 5.41) is 9.92. The summed E-state index contributed by atoms with van der Waals surface area (Å²) in [6, 6.07) is 14.0. The number of fused-ring (bicyclic) bond motifs is 1. The van der Waals surface area contributed by atoms with Crippen molar-refractivity contribution in [2.45, 2.75) is 6.92 Å². The molecule has 0 fully saturated rings. The standard InChI is InChI=1S/C16H12O3/c1-10-4-2-5-11(8-10)15-9-13(18)16-12(17)6-3-7-14(16)19-15/h2-9,17H,1H3. The molecule has 0 radical (unpaired) electrons. The molecule has 0 spiro atoms. The van der Waals surface area contributed by atoms with Gasteiger partial charge in [0.25, 0.3) is 0 Å². The van der Waals surface area contributed by atoms with Gasteiger partial charge in [0.05, 0.1) is 0 Å². The number of aryl methyl sites for hydroxylation is 1. The molecule has 3 nitrogen and oxygen atoms in total. The minimum atomic E-state index is -0.240. The van der Waals surface area contributed by atoms with Crippen LogP contribution in [0.25, 0.3) is 22.3 Å².